The van der Waals surface area contributed by atoms with Crippen LogP contribution in [-0.4, -0.2) is 30.8 Å². The third-order valence-corrected chi connectivity index (χ3v) is 4.26. The van der Waals surface area contributed by atoms with Gasteiger partial charge in [0.25, 0.3) is 0 Å². The Hall–Kier alpha value is -1.15. The zero-order chi connectivity index (χ0) is 11.2. The Morgan fingerprint density at radius 2 is 1.88 bits per heavy atom. The molecule has 1 heterocycles. The van der Waals surface area contributed by atoms with Crippen LogP contribution in [0.25, 0.3) is 0 Å². The van der Waals surface area contributed by atoms with Gasteiger partial charge in [-0.3, -0.25) is 4.79 Å². The molecule has 1 aliphatic heterocycles. The predicted molar refractivity (Wildman–Crippen MR) is 63.6 cm³/mol. The highest BCUT2D eigenvalue weighted by molar-refractivity contribution is 5.96. The van der Waals surface area contributed by atoms with Crippen LogP contribution in [-0.2, 0) is 16.6 Å². The number of rotatable bonds is 0. The van der Waals surface area contributed by atoms with Crippen LogP contribution in [0.2, 0.25) is 0 Å². The molecule has 2 heteroatoms. The molecule has 16 heavy (non-hydrogen) atoms. The summed E-state index contributed by atoms with van der Waals surface area (Å²) in [5.74, 6) is 0.446. The van der Waals surface area contributed by atoms with Crippen LogP contribution in [0, 0.1) is 0 Å². The quantitative estimate of drug-likeness (QED) is 0.657. The maximum absolute atomic E-state index is 12.3. The molecule has 0 unspecified atom stereocenters. The number of carbonyl (C=O) groups excluding carboxylic acids is 1. The van der Waals surface area contributed by atoms with Crippen LogP contribution in [0.4, 0.5) is 0 Å². The number of nitrogens with zero attached hydrogens (tertiary/aromatic N) is 1. The average molecular weight is 215 g/mol. The van der Waals surface area contributed by atoms with Gasteiger partial charge in [0, 0.05) is 6.42 Å². The number of Topliss-reactive ketones (excluding diaryl/α,β-unsaturated/α-hetero) is 1. The van der Waals surface area contributed by atoms with E-state index in [4.69, 9.17) is 0 Å². The normalized spacial score (nSPS) is 23.7. The first-order chi connectivity index (χ1) is 7.72. The first-order valence-electron chi connectivity index (χ1n) is 6.03. The molecule has 1 aliphatic carbocycles. The van der Waals surface area contributed by atoms with Crippen molar-refractivity contribution in [2.24, 2.45) is 0 Å². The summed E-state index contributed by atoms with van der Waals surface area (Å²) < 4.78 is 0. The van der Waals surface area contributed by atoms with E-state index in [0.29, 0.717) is 12.2 Å². The molecule has 2 nitrogen and oxygen atoms in total. The summed E-state index contributed by atoms with van der Waals surface area (Å²) in [6.45, 7) is 2.08. The number of benzene rings is 1. The van der Waals surface area contributed by atoms with Gasteiger partial charge in [0.1, 0.15) is 5.78 Å². The minimum atomic E-state index is -0.136. The molecule has 1 saturated heterocycles. The summed E-state index contributed by atoms with van der Waals surface area (Å²) >= 11 is 0. The molecule has 2 aliphatic rings. The maximum Gasteiger partial charge on any atom is 0.147 e. The third kappa shape index (κ3) is 1.26. The van der Waals surface area contributed by atoms with Gasteiger partial charge in [0.15, 0.2) is 0 Å². The molecule has 1 aromatic carbocycles. The number of fused-ring (bicyclic) bond motifs is 2. The number of hydrogen-bond donors (Lipinski definition) is 0. The second-order valence-corrected chi connectivity index (χ2v) is 5.14. The van der Waals surface area contributed by atoms with Crippen LogP contribution >= 0.6 is 0 Å². The molecule has 0 N–H and O–H groups in total. The van der Waals surface area contributed by atoms with Crippen molar-refractivity contribution in [2.45, 2.75) is 24.7 Å². The molecule has 0 bridgehead atoms. The van der Waals surface area contributed by atoms with Crippen molar-refractivity contribution in [1.82, 2.24) is 4.90 Å². The molecule has 1 aromatic rings. The van der Waals surface area contributed by atoms with E-state index in [1.165, 1.54) is 11.1 Å². The van der Waals surface area contributed by atoms with E-state index in [9.17, 15) is 4.79 Å². The van der Waals surface area contributed by atoms with Crippen LogP contribution in [0.3, 0.4) is 0 Å². The fourth-order valence-electron chi connectivity index (χ4n) is 3.18. The largest absolute Gasteiger partial charge is 0.306 e. The monoisotopic (exact) mass is 215 g/mol. The van der Waals surface area contributed by atoms with Gasteiger partial charge in [-0.2, -0.15) is 0 Å². The lowest BCUT2D eigenvalue weighted by Crippen LogP contribution is -2.44. The van der Waals surface area contributed by atoms with Gasteiger partial charge in [0.2, 0.25) is 0 Å². The van der Waals surface area contributed by atoms with Gasteiger partial charge in [-0.1, -0.05) is 24.3 Å². The topological polar surface area (TPSA) is 20.3 Å². The van der Waals surface area contributed by atoms with E-state index in [1.807, 2.05) is 6.07 Å². The van der Waals surface area contributed by atoms with E-state index >= 15 is 0 Å². The molecule has 0 amide bonds. The van der Waals surface area contributed by atoms with E-state index in [0.717, 1.165) is 25.9 Å². The minimum Gasteiger partial charge on any atom is -0.306 e. The summed E-state index contributed by atoms with van der Waals surface area (Å²) in [4.78, 5) is 14.6. The average Bonchev–Trinajstić information content (AvgIpc) is 2.57. The Balaban J connectivity index is 2.04. The summed E-state index contributed by atoms with van der Waals surface area (Å²) in [5, 5.41) is 0. The number of piperidine rings is 1. The molecular weight excluding hydrogens is 198 g/mol. The van der Waals surface area contributed by atoms with E-state index in [1.54, 1.807) is 0 Å². The Morgan fingerprint density at radius 3 is 2.62 bits per heavy atom. The molecule has 0 aromatic heterocycles. The highest BCUT2D eigenvalue weighted by Gasteiger charge is 2.46. The van der Waals surface area contributed by atoms with Crippen molar-refractivity contribution >= 4 is 5.78 Å². The highest BCUT2D eigenvalue weighted by Crippen LogP contribution is 2.43. The molecule has 1 spiro atoms. The molecule has 84 valence electrons. The molecule has 0 atom stereocenters. The maximum atomic E-state index is 12.3. The van der Waals surface area contributed by atoms with Gasteiger partial charge < -0.3 is 4.90 Å². The lowest BCUT2D eigenvalue weighted by molar-refractivity contribution is -0.124. The number of hydrogen-bond acceptors (Lipinski definition) is 2. The smallest absolute Gasteiger partial charge is 0.147 e. The fraction of sp³-hybridized carbons (Fsp3) is 0.500. The SMILES string of the molecule is CN1CCC2(CC1)C(=O)Cc1ccccc12. The first kappa shape index (κ1) is 10.0. The van der Waals surface area contributed by atoms with Crippen molar-refractivity contribution < 1.29 is 4.79 Å². The molecule has 1 fully saturated rings. The van der Waals surface area contributed by atoms with Gasteiger partial charge in [-0.05, 0) is 44.1 Å². The zero-order valence-corrected chi connectivity index (χ0v) is 9.70. The van der Waals surface area contributed by atoms with Crippen LogP contribution in [0.5, 0.6) is 0 Å². The number of carbonyl (C=O) groups is 1. The zero-order valence-electron chi connectivity index (χ0n) is 9.70. The van der Waals surface area contributed by atoms with E-state index in [2.05, 4.69) is 30.1 Å². The van der Waals surface area contributed by atoms with Crippen LogP contribution < -0.4 is 0 Å². The summed E-state index contributed by atoms with van der Waals surface area (Å²) in [5.41, 5.74) is 2.44. The molecule has 3 rings (SSSR count). The van der Waals surface area contributed by atoms with Crippen molar-refractivity contribution in [1.29, 1.82) is 0 Å². The predicted octanol–water partition coefficient (Wildman–Crippen LogP) is 1.78. The van der Waals surface area contributed by atoms with Crippen molar-refractivity contribution in [2.75, 3.05) is 20.1 Å². The second-order valence-electron chi connectivity index (χ2n) is 5.14. The third-order valence-electron chi connectivity index (χ3n) is 4.26. The molecule has 0 radical (unpaired) electrons. The van der Waals surface area contributed by atoms with Gasteiger partial charge in [-0.15, -0.1) is 0 Å². The Morgan fingerprint density at radius 1 is 1.19 bits per heavy atom. The highest BCUT2D eigenvalue weighted by atomic mass is 16.1. The summed E-state index contributed by atoms with van der Waals surface area (Å²) in [6.07, 6.45) is 2.65. The van der Waals surface area contributed by atoms with E-state index in [-0.39, 0.29) is 5.41 Å². The summed E-state index contributed by atoms with van der Waals surface area (Å²) in [6, 6.07) is 8.38. The standard InChI is InChI=1S/C14H17NO/c1-15-8-6-14(7-9-15)12-5-3-2-4-11(12)10-13(14)16/h2-5H,6-10H2,1H3. The Bertz CT molecular complexity index is 430. The second kappa shape index (κ2) is 3.42. The molecular formula is C14H17NO. The molecule has 0 saturated carbocycles. The van der Waals surface area contributed by atoms with Gasteiger partial charge in [0.05, 0.1) is 5.41 Å². The van der Waals surface area contributed by atoms with Crippen LogP contribution in [0.1, 0.15) is 24.0 Å². The van der Waals surface area contributed by atoms with E-state index < -0.39 is 0 Å². The minimum absolute atomic E-state index is 0.136. The van der Waals surface area contributed by atoms with Crippen molar-refractivity contribution in [3.05, 3.63) is 35.4 Å². The van der Waals surface area contributed by atoms with Crippen molar-refractivity contribution in [3.8, 4) is 0 Å². The Labute approximate surface area is 96.3 Å². The number of ketones is 1. The lowest BCUT2D eigenvalue weighted by Gasteiger charge is -2.37. The summed E-state index contributed by atoms with van der Waals surface area (Å²) in [7, 11) is 2.14. The van der Waals surface area contributed by atoms with Gasteiger partial charge >= 0.3 is 0 Å². The lowest BCUT2D eigenvalue weighted by atomic mass is 9.73. The van der Waals surface area contributed by atoms with Gasteiger partial charge in [-0.25, -0.2) is 0 Å². The Kier molecular flexibility index (Phi) is 2.15. The van der Waals surface area contributed by atoms with Crippen molar-refractivity contribution in [3.63, 3.8) is 0 Å². The number of likely N-dealkylation sites (tertiary alicyclic amines) is 1. The first-order valence-corrected chi connectivity index (χ1v) is 6.03. The fourth-order valence-corrected chi connectivity index (χ4v) is 3.18. The van der Waals surface area contributed by atoms with Crippen LogP contribution in [0.15, 0.2) is 24.3 Å².